The molecule has 0 spiro atoms. The Kier molecular flexibility index (Phi) is 15.8. The van der Waals surface area contributed by atoms with Gasteiger partial charge in [-0.2, -0.15) is 0 Å². The predicted octanol–water partition coefficient (Wildman–Crippen LogP) is 3.75. The molecule has 4 heteroatoms. The molecule has 0 aromatic heterocycles. The van der Waals surface area contributed by atoms with Crippen LogP contribution in [0.15, 0.2) is 0 Å². The molecule has 0 aliphatic rings. The second kappa shape index (κ2) is 16.5. The van der Waals surface area contributed by atoms with E-state index in [0.717, 1.165) is 12.8 Å². The number of unbranched alkanes of at least 4 members (excludes halogenated alkanes) is 11. The van der Waals surface area contributed by atoms with Crippen LogP contribution in [-0.2, 0) is 9.59 Å². The zero-order chi connectivity index (χ0) is 16.5. The fourth-order valence-corrected chi connectivity index (χ4v) is 2.53. The van der Waals surface area contributed by atoms with Crippen molar-refractivity contribution >= 4 is 12.2 Å². The van der Waals surface area contributed by atoms with Crippen LogP contribution in [0.4, 0.5) is 0 Å². The zero-order valence-electron chi connectivity index (χ0n) is 14.3. The molecule has 0 saturated heterocycles. The van der Waals surface area contributed by atoms with Crippen LogP contribution < -0.4 is 5.32 Å². The molecule has 0 saturated carbocycles. The SMILES string of the molecule is CCCCCCCCCCCCCCC(=O)NC(C=O)CO. The first-order valence-electron chi connectivity index (χ1n) is 9.10. The highest BCUT2D eigenvalue weighted by molar-refractivity contribution is 5.79. The number of aliphatic hydroxyl groups is 1. The minimum atomic E-state index is -0.746. The van der Waals surface area contributed by atoms with Gasteiger partial charge in [-0.1, -0.05) is 77.6 Å². The Hall–Kier alpha value is -0.900. The van der Waals surface area contributed by atoms with Gasteiger partial charge in [-0.3, -0.25) is 4.79 Å². The lowest BCUT2D eigenvalue weighted by Gasteiger charge is -2.09. The molecule has 0 radical (unpaired) electrons. The van der Waals surface area contributed by atoms with Gasteiger partial charge in [-0.25, -0.2) is 0 Å². The van der Waals surface area contributed by atoms with Crippen molar-refractivity contribution in [2.24, 2.45) is 0 Å². The van der Waals surface area contributed by atoms with Gasteiger partial charge in [0.1, 0.15) is 12.3 Å². The van der Waals surface area contributed by atoms with Crippen molar-refractivity contribution in [1.29, 1.82) is 0 Å². The number of amides is 1. The summed E-state index contributed by atoms with van der Waals surface area (Å²) in [5.41, 5.74) is 0. The Morgan fingerprint density at radius 3 is 1.77 bits per heavy atom. The second-order valence-corrected chi connectivity index (χ2v) is 6.13. The summed E-state index contributed by atoms with van der Waals surface area (Å²) in [4.78, 5) is 21.9. The normalized spacial score (nSPS) is 12.1. The number of carbonyl (C=O) groups excluding carboxylic acids is 2. The molecule has 0 rings (SSSR count). The molecule has 22 heavy (non-hydrogen) atoms. The van der Waals surface area contributed by atoms with Gasteiger partial charge in [-0.15, -0.1) is 0 Å². The Bertz CT molecular complexity index is 269. The van der Waals surface area contributed by atoms with E-state index in [1.807, 2.05) is 0 Å². The van der Waals surface area contributed by atoms with Crippen LogP contribution in [0.2, 0.25) is 0 Å². The van der Waals surface area contributed by atoms with Crippen molar-refractivity contribution in [1.82, 2.24) is 5.32 Å². The van der Waals surface area contributed by atoms with E-state index in [0.29, 0.717) is 12.7 Å². The summed E-state index contributed by atoms with van der Waals surface area (Å²) >= 11 is 0. The van der Waals surface area contributed by atoms with Crippen molar-refractivity contribution in [2.75, 3.05) is 6.61 Å². The van der Waals surface area contributed by atoms with Gasteiger partial charge in [-0.05, 0) is 6.42 Å². The lowest BCUT2D eigenvalue weighted by molar-refractivity contribution is -0.124. The molecular formula is C18H35NO3. The third kappa shape index (κ3) is 14.1. The van der Waals surface area contributed by atoms with Crippen molar-refractivity contribution in [3.8, 4) is 0 Å². The fourth-order valence-electron chi connectivity index (χ4n) is 2.53. The first-order valence-corrected chi connectivity index (χ1v) is 9.10. The molecule has 130 valence electrons. The first kappa shape index (κ1) is 21.1. The Morgan fingerprint density at radius 1 is 0.909 bits per heavy atom. The van der Waals surface area contributed by atoms with E-state index in [1.54, 1.807) is 0 Å². The van der Waals surface area contributed by atoms with Gasteiger partial charge in [0, 0.05) is 6.42 Å². The lowest BCUT2D eigenvalue weighted by Crippen LogP contribution is -2.38. The average molecular weight is 313 g/mol. The summed E-state index contributed by atoms with van der Waals surface area (Å²) in [6.07, 6.45) is 16.2. The van der Waals surface area contributed by atoms with E-state index in [-0.39, 0.29) is 12.5 Å². The summed E-state index contributed by atoms with van der Waals surface area (Å²) in [6, 6.07) is -0.746. The Labute approximate surface area is 136 Å². The van der Waals surface area contributed by atoms with Crippen LogP contribution in [0.25, 0.3) is 0 Å². The molecule has 0 aromatic rings. The van der Waals surface area contributed by atoms with Crippen molar-refractivity contribution in [3.05, 3.63) is 0 Å². The number of carbonyl (C=O) groups is 2. The van der Waals surface area contributed by atoms with E-state index < -0.39 is 6.04 Å². The Morgan fingerprint density at radius 2 is 1.36 bits per heavy atom. The lowest BCUT2D eigenvalue weighted by atomic mass is 10.0. The molecule has 0 aromatic carbocycles. The van der Waals surface area contributed by atoms with Gasteiger partial charge in [0.25, 0.3) is 0 Å². The number of hydrogen-bond acceptors (Lipinski definition) is 3. The van der Waals surface area contributed by atoms with Crippen LogP contribution in [-0.4, -0.2) is 29.9 Å². The van der Waals surface area contributed by atoms with Gasteiger partial charge in [0.2, 0.25) is 5.91 Å². The smallest absolute Gasteiger partial charge is 0.220 e. The topological polar surface area (TPSA) is 66.4 Å². The molecule has 0 fully saturated rings. The van der Waals surface area contributed by atoms with Crippen molar-refractivity contribution < 1.29 is 14.7 Å². The highest BCUT2D eigenvalue weighted by Crippen LogP contribution is 2.12. The van der Waals surface area contributed by atoms with Gasteiger partial charge in [0.15, 0.2) is 0 Å². The Balaban J connectivity index is 3.23. The van der Waals surface area contributed by atoms with Crippen LogP contribution >= 0.6 is 0 Å². The average Bonchev–Trinajstić information content (AvgIpc) is 2.53. The minimum absolute atomic E-state index is 0.141. The van der Waals surface area contributed by atoms with E-state index in [1.165, 1.54) is 64.2 Å². The summed E-state index contributed by atoms with van der Waals surface area (Å²) in [5, 5.41) is 11.3. The van der Waals surface area contributed by atoms with E-state index in [4.69, 9.17) is 5.11 Å². The van der Waals surface area contributed by atoms with Crippen LogP contribution in [0.1, 0.15) is 90.4 Å². The quantitative estimate of drug-likeness (QED) is 0.337. The summed E-state index contributed by atoms with van der Waals surface area (Å²) < 4.78 is 0. The van der Waals surface area contributed by atoms with Crippen LogP contribution in [0.5, 0.6) is 0 Å². The molecule has 0 heterocycles. The van der Waals surface area contributed by atoms with Crippen molar-refractivity contribution in [3.63, 3.8) is 0 Å². The zero-order valence-corrected chi connectivity index (χ0v) is 14.3. The third-order valence-corrected chi connectivity index (χ3v) is 3.96. The molecule has 4 nitrogen and oxygen atoms in total. The van der Waals surface area contributed by atoms with Crippen molar-refractivity contribution in [2.45, 2.75) is 96.4 Å². The minimum Gasteiger partial charge on any atom is -0.394 e. The highest BCUT2D eigenvalue weighted by Gasteiger charge is 2.08. The van der Waals surface area contributed by atoms with E-state index in [2.05, 4.69) is 12.2 Å². The maximum atomic E-state index is 11.5. The van der Waals surface area contributed by atoms with E-state index in [9.17, 15) is 9.59 Å². The molecular weight excluding hydrogens is 278 g/mol. The third-order valence-electron chi connectivity index (χ3n) is 3.96. The van der Waals surface area contributed by atoms with Gasteiger partial charge < -0.3 is 15.2 Å². The van der Waals surface area contributed by atoms with Crippen LogP contribution in [0.3, 0.4) is 0 Å². The largest absolute Gasteiger partial charge is 0.394 e. The number of aliphatic hydroxyl groups excluding tert-OH is 1. The molecule has 2 N–H and O–H groups in total. The maximum Gasteiger partial charge on any atom is 0.220 e. The molecule has 0 bridgehead atoms. The van der Waals surface area contributed by atoms with Gasteiger partial charge >= 0.3 is 0 Å². The molecule has 0 aliphatic carbocycles. The van der Waals surface area contributed by atoms with E-state index >= 15 is 0 Å². The highest BCUT2D eigenvalue weighted by atomic mass is 16.3. The summed E-state index contributed by atoms with van der Waals surface area (Å²) in [7, 11) is 0. The van der Waals surface area contributed by atoms with Crippen LogP contribution in [0, 0.1) is 0 Å². The number of nitrogens with one attached hydrogen (secondary N) is 1. The number of rotatable bonds is 16. The fraction of sp³-hybridized carbons (Fsp3) is 0.889. The molecule has 1 amide bonds. The standard InChI is InChI=1S/C18H35NO3/c1-2-3-4-5-6-7-8-9-10-11-12-13-14-18(22)19-17(15-20)16-21/h15,17,21H,2-14,16H2,1H3,(H,19,22). The predicted molar refractivity (Wildman–Crippen MR) is 90.8 cm³/mol. The number of hydrogen-bond donors (Lipinski definition) is 2. The van der Waals surface area contributed by atoms with Gasteiger partial charge in [0.05, 0.1) is 6.61 Å². The maximum absolute atomic E-state index is 11.5. The molecule has 1 unspecified atom stereocenters. The number of aldehydes is 1. The second-order valence-electron chi connectivity index (χ2n) is 6.13. The first-order chi connectivity index (χ1) is 10.7. The summed E-state index contributed by atoms with van der Waals surface area (Å²) in [5.74, 6) is -0.141. The summed E-state index contributed by atoms with van der Waals surface area (Å²) in [6.45, 7) is 1.92. The monoisotopic (exact) mass is 313 g/mol. The molecule has 0 aliphatic heterocycles. The molecule has 1 atom stereocenters.